The third kappa shape index (κ3) is 8.45. The minimum absolute atomic E-state index is 0.0446. The summed E-state index contributed by atoms with van der Waals surface area (Å²) in [6, 6.07) is 5.06. The van der Waals surface area contributed by atoms with Crippen LogP contribution in [0.2, 0.25) is 10.0 Å². The molecule has 0 spiro atoms. The number of ether oxygens (including phenoxy) is 1. The molecule has 0 aliphatic heterocycles. The summed E-state index contributed by atoms with van der Waals surface area (Å²) in [6.07, 6.45) is 2.01. The summed E-state index contributed by atoms with van der Waals surface area (Å²) in [5.74, 6) is 0.634. The molecular weight excluding hydrogens is 363 g/mol. The molecule has 0 heterocycles. The van der Waals surface area contributed by atoms with Crippen molar-refractivity contribution < 1.29 is 14.3 Å². The Balaban J connectivity index is 2.11. The zero-order valence-electron chi connectivity index (χ0n) is 14.8. The average Bonchev–Trinajstić information content (AvgIpc) is 2.57. The van der Waals surface area contributed by atoms with Gasteiger partial charge in [-0.1, -0.05) is 23.2 Å². The second kappa shape index (κ2) is 12.0. The normalized spacial score (nSPS) is 10.4. The fourth-order valence-electron chi connectivity index (χ4n) is 2.30. The smallest absolute Gasteiger partial charge is 0.222 e. The van der Waals surface area contributed by atoms with Crippen LogP contribution in [-0.2, 0) is 9.59 Å². The van der Waals surface area contributed by atoms with Crippen molar-refractivity contribution >= 4 is 35.0 Å². The SMILES string of the molecule is CCN(CC)C(=O)CCCC(=O)NCCCOc1ccc(Cl)cc1Cl. The number of nitrogens with one attached hydrogen (secondary N) is 1. The second-order valence-corrected chi connectivity index (χ2v) is 6.39. The summed E-state index contributed by atoms with van der Waals surface area (Å²) in [6.45, 7) is 6.29. The number of hydrogen-bond donors (Lipinski definition) is 1. The van der Waals surface area contributed by atoms with E-state index in [4.69, 9.17) is 27.9 Å². The van der Waals surface area contributed by atoms with Gasteiger partial charge >= 0.3 is 0 Å². The molecule has 2 amide bonds. The second-order valence-electron chi connectivity index (χ2n) is 5.55. The Morgan fingerprint density at radius 1 is 1.12 bits per heavy atom. The number of hydrogen-bond acceptors (Lipinski definition) is 3. The van der Waals surface area contributed by atoms with Crippen molar-refractivity contribution in [2.24, 2.45) is 0 Å². The molecule has 0 aromatic heterocycles. The highest BCUT2D eigenvalue weighted by Crippen LogP contribution is 2.27. The first kappa shape index (κ1) is 21.6. The fourth-order valence-corrected chi connectivity index (χ4v) is 2.76. The summed E-state index contributed by atoms with van der Waals surface area (Å²) in [5, 5.41) is 3.85. The molecule has 0 unspecified atom stereocenters. The monoisotopic (exact) mass is 388 g/mol. The Morgan fingerprint density at radius 2 is 1.84 bits per heavy atom. The van der Waals surface area contributed by atoms with Crippen molar-refractivity contribution in [3.8, 4) is 5.75 Å². The summed E-state index contributed by atoms with van der Waals surface area (Å²) < 4.78 is 5.55. The molecule has 1 aromatic carbocycles. The van der Waals surface area contributed by atoms with Crippen LogP contribution in [0.25, 0.3) is 0 Å². The Hall–Kier alpha value is -1.46. The van der Waals surface area contributed by atoms with Crippen LogP contribution in [0.4, 0.5) is 0 Å². The van der Waals surface area contributed by atoms with E-state index in [-0.39, 0.29) is 11.8 Å². The molecule has 0 atom stereocenters. The molecule has 0 aliphatic rings. The number of nitrogens with zero attached hydrogens (tertiary/aromatic N) is 1. The maximum absolute atomic E-state index is 11.8. The first-order chi connectivity index (χ1) is 12.0. The average molecular weight is 389 g/mol. The van der Waals surface area contributed by atoms with Crippen LogP contribution in [-0.4, -0.2) is 43.0 Å². The number of halogens is 2. The number of rotatable bonds is 11. The standard InChI is InChI=1S/C18H26Cl2N2O3/c1-3-22(4-2)18(24)8-5-7-17(23)21-11-6-12-25-16-10-9-14(19)13-15(16)20/h9-10,13H,3-8,11-12H2,1-2H3,(H,21,23). The van der Waals surface area contributed by atoms with Gasteiger partial charge in [0.1, 0.15) is 5.75 Å². The van der Waals surface area contributed by atoms with Crippen LogP contribution in [0, 0.1) is 0 Å². The van der Waals surface area contributed by atoms with Gasteiger partial charge in [0, 0.05) is 37.5 Å². The van der Waals surface area contributed by atoms with Gasteiger partial charge in [-0.15, -0.1) is 0 Å². The molecule has 0 saturated heterocycles. The highest BCUT2D eigenvalue weighted by molar-refractivity contribution is 6.35. The van der Waals surface area contributed by atoms with Crippen molar-refractivity contribution in [2.45, 2.75) is 39.5 Å². The number of benzene rings is 1. The zero-order valence-corrected chi connectivity index (χ0v) is 16.3. The molecule has 0 bridgehead atoms. The van der Waals surface area contributed by atoms with Crippen LogP contribution < -0.4 is 10.1 Å². The van der Waals surface area contributed by atoms with E-state index in [9.17, 15) is 9.59 Å². The number of carbonyl (C=O) groups excluding carboxylic acids is 2. The molecule has 1 N–H and O–H groups in total. The fraction of sp³-hybridized carbons (Fsp3) is 0.556. The Bertz CT molecular complexity index is 563. The third-order valence-corrected chi connectivity index (χ3v) is 4.24. The predicted molar refractivity (Wildman–Crippen MR) is 101 cm³/mol. The van der Waals surface area contributed by atoms with E-state index < -0.39 is 0 Å². The summed E-state index contributed by atoms with van der Waals surface area (Å²) >= 11 is 11.8. The molecule has 5 nitrogen and oxygen atoms in total. The number of carbonyl (C=O) groups is 2. The molecule has 1 rings (SSSR count). The van der Waals surface area contributed by atoms with Crippen LogP contribution in [0.15, 0.2) is 18.2 Å². The minimum Gasteiger partial charge on any atom is -0.492 e. The minimum atomic E-state index is -0.0446. The Kier molecular flexibility index (Phi) is 10.3. The van der Waals surface area contributed by atoms with Gasteiger partial charge in [-0.05, 0) is 44.9 Å². The molecule has 0 fully saturated rings. The van der Waals surface area contributed by atoms with Gasteiger partial charge in [0.05, 0.1) is 11.6 Å². The first-order valence-corrected chi connectivity index (χ1v) is 9.35. The van der Waals surface area contributed by atoms with E-state index in [1.54, 1.807) is 23.1 Å². The third-order valence-electron chi connectivity index (χ3n) is 3.71. The van der Waals surface area contributed by atoms with Gasteiger partial charge < -0.3 is 15.0 Å². The van der Waals surface area contributed by atoms with E-state index in [0.29, 0.717) is 67.7 Å². The lowest BCUT2D eigenvalue weighted by Gasteiger charge is -2.18. The highest BCUT2D eigenvalue weighted by Gasteiger charge is 2.10. The summed E-state index contributed by atoms with van der Waals surface area (Å²) in [4.78, 5) is 25.3. The Labute approximate surface area is 159 Å². The van der Waals surface area contributed by atoms with Crippen molar-refractivity contribution in [1.82, 2.24) is 10.2 Å². The topological polar surface area (TPSA) is 58.6 Å². The largest absolute Gasteiger partial charge is 0.492 e. The van der Waals surface area contributed by atoms with Crippen molar-refractivity contribution in [3.05, 3.63) is 28.2 Å². The lowest BCUT2D eigenvalue weighted by Crippen LogP contribution is -2.30. The van der Waals surface area contributed by atoms with Crippen LogP contribution in [0.5, 0.6) is 5.75 Å². The summed E-state index contributed by atoms with van der Waals surface area (Å²) in [5.41, 5.74) is 0. The molecule has 7 heteroatoms. The quantitative estimate of drug-likeness (QED) is 0.584. The first-order valence-electron chi connectivity index (χ1n) is 8.60. The molecular formula is C18H26Cl2N2O3. The van der Waals surface area contributed by atoms with Crippen LogP contribution in [0.3, 0.4) is 0 Å². The lowest BCUT2D eigenvalue weighted by molar-refractivity contribution is -0.131. The van der Waals surface area contributed by atoms with Crippen LogP contribution in [0.1, 0.15) is 39.5 Å². The number of amides is 2. The molecule has 140 valence electrons. The van der Waals surface area contributed by atoms with Gasteiger partial charge in [-0.2, -0.15) is 0 Å². The van der Waals surface area contributed by atoms with Gasteiger partial charge in [0.2, 0.25) is 11.8 Å². The Morgan fingerprint density at radius 3 is 2.48 bits per heavy atom. The van der Waals surface area contributed by atoms with E-state index in [1.807, 2.05) is 13.8 Å². The van der Waals surface area contributed by atoms with Gasteiger partial charge in [0.15, 0.2) is 0 Å². The van der Waals surface area contributed by atoms with Gasteiger partial charge in [-0.3, -0.25) is 9.59 Å². The van der Waals surface area contributed by atoms with Gasteiger partial charge in [0.25, 0.3) is 0 Å². The molecule has 0 saturated carbocycles. The molecule has 25 heavy (non-hydrogen) atoms. The van der Waals surface area contributed by atoms with E-state index in [2.05, 4.69) is 5.32 Å². The van der Waals surface area contributed by atoms with E-state index >= 15 is 0 Å². The highest BCUT2D eigenvalue weighted by atomic mass is 35.5. The zero-order chi connectivity index (χ0) is 18.7. The molecule has 0 aliphatic carbocycles. The van der Waals surface area contributed by atoms with E-state index in [0.717, 1.165) is 0 Å². The van der Waals surface area contributed by atoms with Crippen molar-refractivity contribution in [1.29, 1.82) is 0 Å². The van der Waals surface area contributed by atoms with E-state index in [1.165, 1.54) is 0 Å². The maximum Gasteiger partial charge on any atom is 0.222 e. The summed E-state index contributed by atoms with van der Waals surface area (Å²) in [7, 11) is 0. The van der Waals surface area contributed by atoms with Crippen molar-refractivity contribution in [2.75, 3.05) is 26.2 Å². The van der Waals surface area contributed by atoms with Crippen LogP contribution >= 0.6 is 23.2 Å². The molecule has 0 radical (unpaired) electrons. The molecule has 1 aromatic rings. The lowest BCUT2D eigenvalue weighted by atomic mass is 10.2. The predicted octanol–water partition coefficient (Wildman–Crippen LogP) is 3.92. The van der Waals surface area contributed by atoms with Gasteiger partial charge in [-0.25, -0.2) is 0 Å². The maximum atomic E-state index is 11.8. The van der Waals surface area contributed by atoms with Crippen molar-refractivity contribution in [3.63, 3.8) is 0 Å².